The van der Waals surface area contributed by atoms with Crippen LogP contribution >= 0.6 is 11.8 Å². The minimum Gasteiger partial charge on any atom is -0.482 e. The molecule has 0 saturated heterocycles. The Morgan fingerprint density at radius 1 is 0.951 bits per heavy atom. The Labute approximate surface area is 242 Å². The number of carbonyl (C=O) groups is 1. The number of hydrogen-bond donors (Lipinski definition) is 1. The third-order valence-electron chi connectivity index (χ3n) is 6.70. The number of benzene rings is 4. The van der Waals surface area contributed by atoms with Crippen LogP contribution in [0.4, 0.5) is 11.4 Å². The second-order valence-electron chi connectivity index (χ2n) is 9.61. The summed E-state index contributed by atoms with van der Waals surface area (Å²) in [6.07, 6.45) is 1.56. The van der Waals surface area contributed by atoms with Gasteiger partial charge in [-0.2, -0.15) is 0 Å². The normalized spacial score (nSPS) is 13.9. The number of fused-ring (bicyclic) bond motifs is 1. The number of nitrogens with zero attached hydrogens (tertiary/aromatic N) is 1. The largest absolute Gasteiger partial charge is 0.482 e. The lowest BCUT2D eigenvalue weighted by atomic mass is 10.1. The highest BCUT2D eigenvalue weighted by Gasteiger charge is 2.25. The smallest absolute Gasteiger partial charge is 0.311 e. The number of hydrogen-bond acceptors (Lipinski definition) is 7. The third kappa shape index (κ3) is 6.34. The van der Waals surface area contributed by atoms with Gasteiger partial charge in [0, 0.05) is 11.0 Å². The number of amides is 1. The molecular formula is C31H26N2O6S2. The predicted molar refractivity (Wildman–Crippen MR) is 160 cm³/mol. The number of nitro groups is 1. The van der Waals surface area contributed by atoms with Crippen LogP contribution < -0.4 is 10.1 Å². The first-order valence-corrected chi connectivity index (χ1v) is 15.2. The van der Waals surface area contributed by atoms with E-state index in [1.54, 1.807) is 18.2 Å². The number of carbonyl (C=O) groups excluding carboxylic acids is 1. The zero-order valence-electron chi connectivity index (χ0n) is 22.3. The summed E-state index contributed by atoms with van der Waals surface area (Å²) in [4.78, 5) is 25.3. The molecule has 1 amide bonds. The molecule has 0 unspecified atom stereocenters. The van der Waals surface area contributed by atoms with Gasteiger partial charge in [-0.1, -0.05) is 66.4 Å². The minimum absolute atomic E-state index is 0.119. The van der Waals surface area contributed by atoms with Crippen LogP contribution in [0.1, 0.15) is 27.8 Å². The van der Waals surface area contributed by atoms with Crippen molar-refractivity contribution in [1.29, 1.82) is 0 Å². The molecule has 1 aliphatic heterocycles. The van der Waals surface area contributed by atoms with E-state index >= 15 is 0 Å². The van der Waals surface area contributed by atoms with Crippen molar-refractivity contribution in [3.8, 4) is 5.75 Å². The van der Waals surface area contributed by atoms with Crippen LogP contribution in [0, 0.1) is 24.0 Å². The van der Waals surface area contributed by atoms with E-state index < -0.39 is 20.7 Å². The van der Waals surface area contributed by atoms with Crippen molar-refractivity contribution in [2.75, 3.05) is 5.32 Å². The lowest BCUT2D eigenvalue weighted by Gasteiger charge is -2.20. The average Bonchev–Trinajstić information content (AvgIpc) is 2.95. The highest BCUT2D eigenvalue weighted by Crippen LogP contribution is 2.41. The average molecular weight is 587 g/mol. The summed E-state index contributed by atoms with van der Waals surface area (Å²) in [6.45, 7) is 3.95. The lowest BCUT2D eigenvalue weighted by molar-refractivity contribution is -0.386. The molecule has 5 rings (SSSR count). The van der Waals surface area contributed by atoms with Gasteiger partial charge in [0.15, 0.2) is 15.6 Å². The molecule has 41 heavy (non-hydrogen) atoms. The fraction of sp³-hybridized carbons (Fsp3) is 0.129. The van der Waals surface area contributed by atoms with Crippen LogP contribution in [-0.4, -0.2) is 19.2 Å². The van der Waals surface area contributed by atoms with Gasteiger partial charge in [-0.25, -0.2) is 8.42 Å². The first-order chi connectivity index (χ1) is 19.6. The topological polar surface area (TPSA) is 116 Å². The van der Waals surface area contributed by atoms with Gasteiger partial charge in [-0.3, -0.25) is 14.9 Å². The summed E-state index contributed by atoms with van der Waals surface area (Å²) in [6, 6.07) is 24.2. The Balaban J connectivity index is 1.36. The number of aryl methyl sites for hydroxylation is 2. The van der Waals surface area contributed by atoms with Crippen LogP contribution in [0.15, 0.2) is 99.6 Å². The first kappa shape index (κ1) is 28.1. The van der Waals surface area contributed by atoms with E-state index in [0.717, 1.165) is 22.3 Å². The van der Waals surface area contributed by atoms with Gasteiger partial charge in [0.1, 0.15) is 6.61 Å². The van der Waals surface area contributed by atoms with Crippen molar-refractivity contribution in [1.82, 2.24) is 0 Å². The molecule has 208 valence electrons. The van der Waals surface area contributed by atoms with E-state index in [1.807, 2.05) is 62.4 Å². The number of ether oxygens (including phenoxy) is 1. The van der Waals surface area contributed by atoms with Crippen molar-refractivity contribution >= 4 is 45.0 Å². The van der Waals surface area contributed by atoms with Gasteiger partial charge in [0.05, 0.1) is 26.2 Å². The van der Waals surface area contributed by atoms with Gasteiger partial charge < -0.3 is 10.1 Å². The number of anilines is 1. The van der Waals surface area contributed by atoms with Crippen LogP contribution in [0.5, 0.6) is 5.75 Å². The Kier molecular flexibility index (Phi) is 7.96. The highest BCUT2D eigenvalue weighted by molar-refractivity contribution is 8.04. The zero-order valence-corrected chi connectivity index (χ0v) is 23.9. The van der Waals surface area contributed by atoms with E-state index in [9.17, 15) is 23.3 Å². The van der Waals surface area contributed by atoms with E-state index in [0.29, 0.717) is 21.1 Å². The second kappa shape index (κ2) is 11.6. The zero-order chi connectivity index (χ0) is 29.1. The van der Waals surface area contributed by atoms with Gasteiger partial charge in [-0.15, -0.1) is 0 Å². The molecule has 1 heterocycles. The van der Waals surface area contributed by atoms with Crippen molar-refractivity contribution < 1.29 is 22.9 Å². The highest BCUT2D eigenvalue weighted by atomic mass is 32.2. The van der Waals surface area contributed by atoms with Gasteiger partial charge in [0.25, 0.3) is 5.91 Å². The first-order valence-electron chi connectivity index (χ1n) is 12.7. The molecule has 10 heteroatoms. The predicted octanol–water partition coefficient (Wildman–Crippen LogP) is 6.85. The molecule has 4 aromatic carbocycles. The van der Waals surface area contributed by atoms with Crippen molar-refractivity contribution in [2.24, 2.45) is 0 Å². The monoisotopic (exact) mass is 586 g/mol. The van der Waals surface area contributed by atoms with Gasteiger partial charge in [0.2, 0.25) is 0 Å². The summed E-state index contributed by atoms with van der Waals surface area (Å²) in [7, 11) is -3.66. The van der Waals surface area contributed by atoms with Crippen molar-refractivity contribution in [3.05, 3.63) is 128 Å². The molecule has 0 fully saturated rings. The minimum atomic E-state index is -3.66. The quantitative estimate of drug-likeness (QED) is 0.136. The molecule has 0 saturated carbocycles. The maximum atomic E-state index is 13.2. The van der Waals surface area contributed by atoms with Crippen LogP contribution in [0.2, 0.25) is 0 Å². The molecular weight excluding hydrogens is 560 g/mol. The van der Waals surface area contributed by atoms with Crippen LogP contribution in [-0.2, 0) is 27.0 Å². The lowest BCUT2D eigenvalue weighted by Crippen LogP contribution is -2.18. The molecule has 0 bridgehead atoms. The summed E-state index contributed by atoms with van der Waals surface area (Å²) in [5.41, 5.74) is 4.09. The fourth-order valence-corrected chi connectivity index (χ4v) is 6.97. The fourth-order valence-electron chi connectivity index (χ4n) is 4.46. The summed E-state index contributed by atoms with van der Waals surface area (Å²) in [5, 5.41) is 14.5. The Hall–Kier alpha value is -4.41. The maximum absolute atomic E-state index is 13.2. The van der Waals surface area contributed by atoms with Gasteiger partial charge in [-0.05, 0) is 72.0 Å². The number of thioether (sulfide) groups is 1. The Bertz CT molecular complexity index is 1780. The van der Waals surface area contributed by atoms with Crippen LogP contribution in [0.3, 0.4) is 0 Å². The standard InChI is InChI=1S/C31H26N2O6S2/c1-20-7-6-8-21(2)25(20)19-41(37,38)24-12-14-29-26(17-24)32-31(34)30(40-29)16-23-11-13-28(27(15-23)33(35)36)39-18-22-9-4-3-5-10-22/h3-17H,18-19H2,1-2H3,(H,32,34)/b30-16+. The van der Waals surface area contributed by atoms with Gasteiger partial charge >= 0.3 is 5.69 Å². The molecule has 0 aliphatic carbocycles. The maximum Gasteiger partial charge on any atom is 0.311 e. The summed E-state index contributed by atoms with van der Waals surface area (Å²) < 4.78 is 32.1. The summed E-state index contributed by atoms with van der Waals surface area (Å²) in [5.74, 6) is -0.444. The molecule has 8 nitrogen and oxygen atoms in total. The van der Waals surface area contributed by atoms with Crippen molar-refractivity contribution in [2.45, 2.75) is 36.0 Å². The Morgan fingerprint density at radius 2 is 1.68 bits per heavy atom. The number of sulfone groups is 1. The number of nitrogens with one attached hydrogen (secondary N) is 1. The molecule has 1 N–H and O–H groups in total. The van der Waals surface area contributed by atoms with Crippen LogP contribution in [0.25, 0.3) is 6.08 Å². The molecule has 0 atom stereocenters. The molecule has 0 radical (unpaired) electrons. The Morgan fingerprint density at radius 3 is 2.39 bits per heavy atom. The van der Waals surface area contributed by atoms with E-state index in [4.69, 9.17) is 4.74 Å². The van der Waals surface area contributed by atoms with Crippen molar-refractivity contribution in [3.63, 3.8) is 0 Å². The number of nitro benzene ring substituents is 1. The van der Waals surface area contributed by atoms with E-state index in [1.165, 1.54) is 36.0 Å². The summed E-state index contributed by atoms with van der Waals surface area (Å²) >= 11 is 1.17. The SMILES string of the molecule is Cc1cccc(C)c1CS(=O)(=O)c1ccc2c(c1)NC(=O)/C(=C\c1ccc(OCc3ccccc3)c([N+](=O)[O-])c1)S2. The molecule has 0 aromatic heterocycles. The second-order valence-corrected chi connectivity index (χ2v) is 12.7. The molecule has 0 spiro atoms. The van der Waals surface area contributed by atoms with E-state index in [2.05, 4.69) is 5.32 Å². The molecule has 1 aliphatic rings. The number of rotatable bonds is 8. The third-order valence-corrected chi connectivity index (χ3v) is 9.44. The van der Waals surface area contributed by atoms with E-state index in [-0.39, 0.29) is 28.7 Å². The molecule has 4 aromatic rings.